The van der Waals surface area contributed by atoms with Crippen molar-refractivity contribution in [3.8, 4) is 5.75 Å². The molecule has 1 aliphatic carbocycles. The van der Waals surface area contributed by atoms with E-state index in [2.05, 4.69) is 10.3 Å². The van der Waals surface area contributed by atoms with Gasteiger partial charge in [0, 0.05) is 12.6 Å². The topological polar surface area (TPSA) is 51.2 Å². The molecule has 0 bridgehead atoms. The van der Waals surface area contributed by atoms with Crippen molar-refractivity contribution in [3.63, 3.8) is 0 Å². The molecule has 2 aromatic rings. The number of nitrogens with zero attached hydrogens (tertiary/aromatic N) is 1. The van der Waals surface area contributed by atoms with Crippen LogP contribution >= 0.6 is 11.3 Å². The minimum atomic E-state index is -0.367. The molecule has 0 aliphatic heterocycles. The Morgan fingerprint density at radius 3 is 3.00 bits per heavy atom. The van der Waals surface area contributed by atoms with E-state index in [9.17, 15) is 9.18 Å². The molecule has 1 amide bonds. The lowest BCUT2D eigenvalue weighted by Gasteiger charge is -2.06. The number of benzene rings is 1. The minimum absolute atomic E-state index is 0.155. The van der Waals surface area contributed by atoms with Crippen LogP contribution in [-0.2, 0) is 0 Å². The molecule has 1 saturated carbocycles. The predicted octanol–water partition coefficient (Wildman–Crippen LogP) is 3.35. The van der Waals surface area contributed by atoms with Crippen LogP contribution in [0.3, 0.4) is 0 Å². The third kappa shape index (κ3) is 3.33. The summed E-state index contributed by atoms with van der Waals surface area (Å²) in [6.45, 7) is 0. The molecule has 0 atom stereocenters. The van der Waals surface area contributed by atoms with Crippen molar-refractivity contribution in [1.82, 2.24) is 10.3 Å². The zero-order valence-corrected chi connectivity index (χ0v) is 12.8. The third-order valence-corrected chi connectivity index (χ3v) is 4.15. The zero-order valence-electron chi connectivity index (χ0n) is 12.0. The zero-order chi connectivity index (χ0) is 15.5. The summed E-state index contributed by atoms with van der Waals surface area (Å²) in [7, 11) is 1.57. The Morgan fingerprint density at radius 2 is 2.27 bits per heavy atom. The van der Waals surface area contributed by atoms with Gasteiger partial charge >= 0.3 is 0 Å². The number of carbonyl (C=O) groups is 1. The average Bonchev–Trinajstić information content (AvgIpc) is 3.22. The van der Waals surface area contributed by atoms with Crippen LogP contribution in [0.1, 0.15) is 33.1 Å². The van der Waals surface area contributed by atoms with Crippen LogP contribution in [-0.4, -0.2) is 24.0 Å². The van der Waals surface area contributed by atoms with Gasteiger partial charge in [0.05, 0.1) is 12.3 Å². The van der Waals surface area contributed by atoms with Crippen LogP contribution in [0.25, 0.3) is 12.2 Å². The maximum atomic E-state index is 14.3. The third-order valence-electron chi connectivity index (χ3n) is 3.19. The fourth-order valence-electron chi connectivity index (χ4n) is 1.87. The monoisotopic (exact) mass is 318 g/mol. The number of rotatable bonds is 5. The van der Waals surface area contributed by atoms with Crippen LogP contribution in [0, 0.1) is 5.82 Å². The second-order valence-corrected chi connectivity index (χ2v) is 6.01. The maximum Gasteiger partial charge on any atom is 0.262 e. The highest BCUT2D eigenvalue weighted by Gasteiger charge is 2.25. The highest BCUT2D eigenvalue weighted by atomic mass is 32.1. The Labute approximate surface area is 131 Å². The molecule has 1 heterocycles. The number of hydrogen-bond acceptors (Lipinski definition) is 4. The second kappa shape index (κ2) is 6.27. The van der Waals surface area contributed by atoms with Crippen molar-refractivity contribution < 1.29 is 13.9 Å². The number of ether oxygens (including phenoxy) is 1. The Hall–Kier alpha value is -2.21. The molecule has 3 rings (SSSR count). The van der Waals surface area contributed by atoms with Crippen molar-refractivity contribution >= 4 is 29.4 Å². The first kappa shape index (κ1) is 14.7. The molecule has 22 heavy (non-hydrogen) atoms. The lowest BCUT2D eigenvalue weighted by atomic mass is 10.2. The molecular weight excluding hydrogens is 303 g/mol. The summed E-state index contributed by atoms with van der Waals surface area (Å²) >= 11 is 1.25. The molecule has 4 nitrogen and oxygen atoms in total. The van der Waals surface area contributed by atoms with Gasteiger partial charge in [0.15, 0.2) is 11.6 Å². The molecular formula is C16H15FN2O2S. The number of nitrogens with one attached hydrogen (secondary N) is 1. The molecule has 0 spiro atoms. The van der Waals surface area contributed by atoms with E-state index in [1.807, 2.05) is 0 Å². The Kier molecular flexibility index (Phi) is 4.20. The average molecular weight is 318 g/mol. The van der Waals surface area contributed by atoms with Crippen LogP contribution in [0.4, 0.5) is 4.39 Å². The maximum absolute atomic E-state index is 14.3. The molecule has 114 valence electrons. The van der Waals surface area contributed by atoms with Crippen LogP contribution < -0.4 is 10.1 Å². The van der Waals surface area contributed by atoms with Gasteiger partial charge in [-0.05, 0) is 31.1 Å². The van der Waals surface area contributed by atoms with Gasteiger partial charge in [-0.1, -0.05) is 12.1 Å². The number of thiazole rings is 1. The van der Waals surface area contributed by atoms with Crippen molar-refractivity contribution in [2.45, 2.75) is 18.9 Å². The van der Waals surface area contributed by atoms with Crippen LogP contribution in [0.2, 0.25) is 0 Å². The molecule has 1 aromatic carbocycles. The van der Waals surface area contributed by atoms with Gasteiger partial charge in [-0.3, -0.25) is 4.79 Å². The second-order valence-electron chi connectivity index (χ2n) is 4.95. The molecule has 0 unspecified atom stereocenters. The molecule has 0 radical (unpaired) electrons. The molecule has 6 heteroatoms. The Balaban J connectivity index is 1.77. The van der Waals surface area contributed by atoms with Gasteiger partial charge in [-0.2, -0.15) is 0 Å². The molecule has 1 aliphatic rings. The molecule has 1 N–H and O–H groups in total. The van der Waals surface area contributed by atoms with Crippen molar-refractivity contribution in [2.24, 2.45) is 0 Å². The SMILES string of the molecule is CNC(=O)c1cnc(/C=C/c2cccc(OC3CC3)c2F)s1. The van der Waals surface area contributed by atoms with Gasteiger partial charge < -0.3 is 10.1 Å². The van der Waals surface area contributed by atoms with Gasteiger partial charge in [0.2, 0.25) is 0 Å². The van der Waals surface area contributed by atoms with E-state index in [4.69, 9.17) is 4.74 Å². The van der Waals surface area contributed by atoms with E-state index < -0.39 is 0 Å². The normalized spacial score (nSPS) is 14.3. The first-order valence-corrected chi connectivity index (χ1v) is 7.80. The summed E-state index contributed by atoms with van der Waals surface area (Å²) in [6, 6.07) is 5.08. The first-order chi connectivity index (χ1) is 10.7. The minimum Gasteiger partial charge on any atom is -0.487 e. The molecule has 0 saturated heterocycles. The van der Waals surface area contributed by atoms with E-state index in [0.717, 1.165) is 12.8 Å². The van der Waals surface area contributed by atoms with Crippen molar-refractivity contribution in [2.75, 3.05) is 7.05 Å². The van der Waals surface area contributed by atoms with Crippen LogP contribution in [0.15, 0.2) is 24.4 Å². The smallest absolute Gasteiger partial charge is 0.262 e. The summed E-state index contributed by atoms with van der Waals surface area (Å²) in [5, 5.41) is 3.18. The summed E-state index contributed by atoms with van der Waals surface area (Å²) in [6.07, 6.45) is 6.97. The summed E-state index contributed by atoms with van der Waals surface area (Å²) in [5.41, 5.74) is 0.440. The van der Waals surface area contributed by atoms with E-state index in [-0.39, 0.29) is 23.6 Å². The fraction of sp³-hybridized carbons (Fsp3) is 0.250. The van der Waals surface area contributed by atoms with E-state index in [0.29, 0.717) is 15.4 Å². The summed E-state index contributed by atoms with van der Waals surface area (Å²) < 4.78 is 19.8. The largest absolute Gasteiger partial charge is 0.487 e. The standard InChI is InChI=1S/C16H15FN2O2S/c1-18-16(20)13-9-19-14(22-13)8-5-10-3-2-4-12(15(10)17)21-11-6-7-11/h2-5,8-9,11H,6-7H2,1H3,(H,18,20)/b8-5+. The van der Waals surface area contributed by atoms with E-state index in [1.54, 1.807) is 37.4 Å². The lowest BCUT2D eigenvalue weighted by Crippen LogP contribution is -2.16. The van der Waals surface area contributed by atoms with Gasteiger partial charge in [-0.15, -0.1) is 11.3 Å². The van der Waals surface area contributed by atoms with Gasteiger partial charge in [-0.25, -0.2) is 9.37 Å². The number of carbonyl (C=O) groups excluding carboxylic acids is 1. The van der Waals surface area contributed by atoms with E-state index in [1.165, 1.54) is 17.5 Å². The highest BCUT2D eigenvalue weighted by molar-refractivity contribution is 7.14. The van der Waals surface area contributed by atoms with Gasteiger partial charge in [0.25, 0.3) is 5.91 Å². The highest BCUT2D eigenvalue weighted by Crippen LogP contribution is 2.30. The van der Waals surface area contributed by atoms with Gasteiger partial charge in [0.1, 0.15) is 9.88 Å². The van der Waals surface area contributed by atoms with Crippen molar-refractivity contribution in [1.29, 1.82) is 0 Å². The summed E-state index contributed by atoms with van der Waals surface area (Å²) in [4.78, 5) is 16.1. The predicted molar refractivity (Wildman–Crippen MR) is 84.5 cm³/mol. The number of amides is 1. The summed E-state index contributed by atoms with van der Waals surface area (Å²) in [5.74, 6) is -0.258. The van der Waals surface area contributed by atoms with E-state index >= 15 is 0 Å². The molecule has 1 fully saturated rings. The Bertz CT molecular complexity index is 723. The number of hydrogen-bond donors (Lipinski definition) is 1. The molecule has 1 aromatic heterocycles. The fourth-order valence-corrected chi connectivity index (χ4v) is 2.63. The quantitative estimate of drug-likeness (QED) is 0.920. The number of halogens is 1. The lowest BCUT2D eigenvalue weighted by molar-refractivity contribution is 0.0967. The Morgan fingerprint density at radius 1 is 1.45 bits per heavy atom. The van der Waals surface area contributed by atoms with Crippen molar-refractivity contribution in [3.05, 3.63) is 45.7 Å². The number of aromatic nitrogens is 1. The first-order valence-electron chi connectivity index (χ1n) is 6.98. The van der Waals surface area contributed by atoms with Crippen LogP contribution in [0.5, 0.6) is 5.75 Å².